The summed E-state index contributed by atoms with van der Waals surface area (Å²) in [6.07, 6.45) is 3.54. The van der Waals surface area contributed by atoms with Crippen molar-refractivity contribution in [3.05, 3.63) is 29.3 Å². The molecular weight excluding hydrogens is 230 g/mol. The van der Waals surface area contributed by atoms with Crippen LogP contribution >= 0.6 is 0 Å². The zero-order valence-electron chi connectivity index (χ0n) is 10.6. The monoisotopic (exact) mass is 249 g/mol. The largest absolute Gasteiger partial charge is 0.508 e. The second-order valence-electron chi connectivity index (χ2n) is 5.12. The van der Waals surface area contributed by atoms with Crippen LogP contribution in [0.2, 0.25) is 0 Å². The zero-order valence-corrected chi connectivity index (χ0v) is 10.6. The first kappa shape index (κ1) is 12.9. The van der Waals surface area contributed by atoms with Crippen molar-refractivity contribution < 1.29 is 15.0 Å². The van der Waals surface area contributed by atoms with Crippen LogP contribution in [-0.2, 0) is 0 Å². The Hall–Kier alpha value is -1.55. The van der Waals surface area contributed by atoms with Crippen molar-refractivity contribution in [3.8, 4) is 5.75 Å². The zero-order chi connectivity index (χ0) is 13.2. The van der Waals surface area contributed by atoms with Gasteiger partial charge in [-0.15, -0.1) is 0 Å². The van der Waals surface area contributed by atoms with Gasteiger partial charge in [-0.1, -0.05) is 12.8 Å². The quantitative estimate of drug-likeness (QED) is 0.764. The molecule has 1 aliphatic carbocycles. The predicted octanol–water partition coefficient (Wildman–Crippen LogP) is 1.74. The maximum absolute atomic E-state index is 11.9. The highest BCUT2D eigenvalue weighted by molar-refractivity contribution is 5.94. The number of aliphatic hydroxyl groups is 1. The molecule has 1 aromatic rings. The minimum atomic E-state index is -0.735. The summed E-state index contributed by atoms with van der Waals surface area (Å²) < 4.78 is 0. The number of aromatic hydroxyl groups is 1. The molecule has 0 aromatic heterocycles. The summed E-state index contributed by atoms with van der Waals surface area (Å²) >= 11 is 0. The topological polar surface area (TPSA) is 69.6 Å². The molecule has 0 atom stereocenters. The summed E-state index contributed by atoms with van der Waals surface area (Å²) in [6, 6.07) is 4.73. The number of rotatable bonds is 3. The van der Waals surface area contributed by atoms with E-state index in [1.165, 1.54) is 6.07 Å². The Labute approximate surface area is 107 Å². The summed E-state index contributed by atoms with van der Waals surface area (Å²) in [6.45, 7) is 2.04. The number of amides is 1. The number of hydrogen-bond acceptors (Lipinski definition) is 3. The van der Waals surface area contributed by atoms with Crippen LogP contribution in [0.15, 0.2) is 18.2 Å². The highest BCUT2D eigenvalue weighted by Crippen LogP contribution is 2.28. The second-order valence-corrected chi connectivity index (χ2v) is 5.12. The van der Waals surface area contributed by atoms with Gasteiger partial charge in [-0.05, 0) is 43.5 Å². The van der Waals surface area contributed by atoms with Crippen molar-refractivity contribution in [1.29, 1.82) is 0 Å². The molecule has 4 nitrogen and oxygen atoms in total. The lowest BCUT2D eigenvalue weighted by Crippen LogP contribution is -2.40. The molecule has 0 radical (unpaired) electrons. The van der Waals surface area contributed by atoms with E-state index >= 15 is 0 Å². The van der Waals surface area contributed by atoms with Crippen molar-refractivity contribution in [2.75, 3.05) is 6.54 Å². The van der Waals surface area contributed by atoms with Gasteiger partial charge in [0.15, 0.2) is 0 Å². The summed E-state index contributed by atoms with van der Waals surface area (Å²) in [4.78, 5) is 11.9. The number of carbonyl (C=O) groups is 1. The average Bonchev–Trinajstić information content (AvgIpc) is 2.77. The Morgan fingerprint density at radius 3 is 2.67 bits per heavy atom. The Bertz CT molecular complexity index is 450. The normalized spacial score (nSPS) is 17.7. The first-order chi connectivity index (χ1) is 8.50. The number of nitrogens with one attached hydrogen (secondary N) is 1. The van der Waals surface area contributed by atoms with E-state index in [9.17, 15) is 15.0 Å². The smallest absolute Gasteiger partial charge is 0.251 e. The van der Waals surface area contributed by atoms with Gasteiger partial charge < -0.3 is 15.5 Å². The average molecular weight is 249 g/mol. The fourth-order valence-corrected chi connectivity index (χ4v) is 2.35. The van der Waals surface area contributed by atoms with Gasteiger partial charge in [-0.2, -0.15) is 0 Å². The lowest BCUT2D eigenvalue weighted by Gasteiger charge is -2.22. The van der Waals surface area contributed by atoms with Crippen molar-refractivity contribution in [1.82, 2.24) is 5.32 Å². The third kappa shape index (κ3) is 2.82. The third-order valence-corrected chi connectivity index (χ3v) is 3.57. The Morgan fingerprint density at radius 2 is 2.06 bits per heavy atom. The highest BCUT2D eigenvalue weighted by atomic mass is 16.3. The fourth-order valence-electron chi connectivity index (χ4n) is 2.35. The molecule has 4 heteroatoms. The molecule has 1 fully saturated rings. The van der Waals surface area contributed by atoms with Gasteiger partial charge in [0.2, 0.25) is 0 Å². The number of carbonyl (C=O) groups excluding carboxylic acids is 1. The third-order valence-electron chi connectivity index (χ3n) is 3.57. The first-order valence-electron chi connectivity index (χ1n) is 6.30. The van der Waals surface area contributed by atoms with Gasteiger partial charge in [-0.3, -0.25) is 4.79 Å². The van der Waals surface area contributed by atoms with Gasteiger partial charge in [0.05, 0.1) is 5.60 Å². The predicted molar refractivity (Wildman–Crippen MR) is 68.6 cm³/mol. The van der Waals surface area contributed by atoms with Crippen LogP contribution in [-0.4, -0.2) is 28.3 Å². The van der Waals surface area contributed by atoms with Gasteiger partial charge in [0.25, 0.3) is 5.91 Å². The van der Waals surface area contributed by atoms with E-state index in [1.807, 2.05) is 0 Å². The summed E-state index contributed by atoms with van der Waals surface area (Å²) in [5.41, 5.74) is 0.441. The number of hydrogen-bond donors (Lipinski definition) is 3. The molecule has 0 aliphatic heterocycles. The summed E-state index contributed by atoms with van der Waals surface area (Å²) in [7, 11) is 0. The van der Waals surface area contributed by atoms with Gasteiger partial charge in [0.1, 0.15) is 5.75 Å². The fraction of sp³-hybridized carbons (Fsp3) is 0.500. The molecule has 1 amide bonds. The van der Waals surface area contributed by atoms with E-state index in [2.05, 4.69) is 5.32 Å². The van der Waals surface area contributed by atoms with Gasteiger partial charge in [0, 0.05) is 12.1 Å². The molecule has 0 spiro atoms. The van der Waals surface area contributed by atoms with Crippen molar-refractivity contribution in [2.24, 2.45) is 0 Å². The second kappa shape index (κ2) is 4.98. The van der Waals surface area contributed by atoms with Crippen molar-refractivity contribution >= 4 is 5.91 Å². The number of benzene rings is 1. The van der Waals surface area contributed by atoms with Crippen LogP contribution in [0.25, 0.3) is 0 Å². The lowest BCUT2D eigenvalue weighted by atomic mass is 10.0. The van der Waals surface area contributed by atoms with E-state index in [-0.39, 0.29) is 11.7 Å². The maximum atomic E-state index is 11.9. The highest BCUT2D eigenvalue weighted by Gasteiger charge is 2.31. The Balaban J connectivity index is 1.97. The summed E-state index contributed by atoms with van der Waals surface area (Å²) in [5.74, 6) is -0.0283. The standard InChI is InChI=1S/C14H19NO3/c1-10-8-11(4-5-12(10)16)13(17)15-9-14(18)6-2-3-7-14/h4-5,8,16,18H,2-3,6-7,9H2,1H3,(H,15,17). The molecule has 1 aliphatic rings. The van der Waals surface area contributed by atoms with Crippen molar-refractivity contribution in [2.45, 2.75) is 38.2 Å². The minimum Gasteiger partial charge on any atom is -0.508 e. The molecular formula is C14H19NO3. The van der Waals surface area contributed by atoms with Crippen LogP contribution < -0.4 is 5.32 Å². The van der Waals surface area contributed by atoms with Crippen LogP contribution in [0, 0.1) is 6.92 Å². The van der Waals surface area contributed by atoms with E-state index < -0.39 is 5.60 Å². The molecule has 98 valence electrons. The Morgan fingerprint density at radius 1 is 1.39 bits per heavy atom. The minimum absolute atomic E-state index is 0.181. The van der Waals surface area contributed by atoms with Crippen LogP contribution in [0.1, 0.15) is 41.6 Å². The van der Waals surface area contributed by atoms with E-state index in [0.717, 1.165) is 25.7 Å². The number of phenolic OH excluding ortho intramolecular Hbond substituents is 1. The Kier molecular flexibility index (Phi) is 3.57. The van der Waals surface area contributed by atoms with Gasteiger partial charge >= 0.3 is 0 Å². The first-order valence-corrected chi connectivity index (χ1v) is 6.30. The molecule has 0 saturated heterocycles. The molecule has 1 saturated carbocycles. The van der Waals surface area contributed by atoms with Crippen LogP contribution in [0.5, 0.6) is 5.75 Å². The SMILES string of the molecule is Cc1cc(C(=O)NCC2(O)CCCC2)ccc1O. The maximum Gasteiger partial charge on any atom is 0.251 e. The molecule has 18 heavy (non-hydrogen) atoms. The van der Waals surface area contributed by atoms with E-state index in [4.69, 9.17) is 0 Å². The van der Waals surface area contributed by atoms with Crippen LogP contribution in [0.3, 0.4) is 0 Å². The van der Waals surface area contributed by atoms with Crippen LogP contribution in [0.4, 0.5) is 0 Å². The number of aryl methyl sites for hydroxylation is 1. The summed E-state index contributed by atoms with van der Waals surface area (Å²) in [5, 5.41) is 22.3. The molecule has 0 unspecified atom stereocenters. The molecule has 1 aromatic carbocycles. The molecule has 0 bridgehead atoms. The number of phenols is 1. The van der Waals surface area contributed by atoms with E-state index in [1.54, 1.807) is 19.1 Å². The van der Waals surface area contributed by atoms with Crippen molar-refractivity contribution in [3.63, 3.8) is 0 Å². The van der Waals surface area contributed by atoms with E-state index in [0.29, 0.717) is 17.7 Å². The molecule has 3 N–H and O–H groups in total. The lowest BCUT2D eigenvalue weighted by molar-refractivity contribution is 0.0449. The van der Waals surface area contributed by atoms with Gasteiger partial charge in [-0.25, -0.2) is 0 Å². The molecule has 2 rings (SSSR count). The molecule has 0 heterocycles.